The van der Waals surface area contributed by atoms with Crippen molar-refractivity contribution in [2.75, 3.05) is 26.2 Å². The van der Waals surface area contributed by atoms with Gasteiger partial charge >= 0.3 is 0 Å². The summed E-state index contributed by atoms with van der Waals surface area (Å²) in [4.78, 5) is 3.73. The number of benzene rings is 1. The second kappa shape index (κ2) is 7.95. The molecule has 0 atom stereocenters. The van der Waals surface area contributed by atoms with Crippen LogP contribution in [-0.4, -0.2) is 32.2 Å². The van der Waals surface area contributed by atoms with Gasteiger partial charge in [-0.1, -0.05) is 36.8 Å². The van der Waals surface area contributed by atoms with E-state index in [1.165, 1.54) is 83.2 Å². The van der Waals surface area contributed by atoms with Crippen LogP contribution in [0, 0.1) is 0 Å². The number of piperidine rings is 1. The van der Waals surface area contributed by atoms with Gasteiger partial charge in [0.1, 0.15) is 6.54 Å². The monoisotopic (exact) mass is 288 g/mol. The lowest BCUT2D eigenvalue weighted by atomic mass is 9.99. The van der Waals surface area contributed by atoms with Gasteiger partial charge < -0.3 is 9.80 Å². The van der Waals surface area contributed by atoms with E-state index in [9.17, 15) is 0 Å². The Labute approximate surface area is 130 Å². The molecule has 0 saturated carbocycles. The SMILES string of the molecule is c1ccc(C[NH+]2CCC([NH+]3CCCCCCC3)CC2)cc1. The van der Waals surface area contributed by atoms with Crippen LogP contribution in [0.1, 0.15) is 50.5 Å². The Kier molecular flexibility index (Phi) is 5.70. The summed E-state index contributed by atoms with van der Waals surface area (Å²) >= 11 is 0. The first-order valence-corrected chi connectivity index (χ1v) is 9.14. The first-order chi connectivity index (χ1) is 10.4. The highest BCUT2D eigenvalue weighted by molar-refractivity contribution is 5.13. The lowest BCUT2D eigenvalue weighted by Crippen LogP contribution is -3.20. The molecule has 2 N–H and O–H groups in total. The average molecular weight is 288 g/mol. The summed E-state index contributed by atoms with van der Waals surface area (Å²) < 4.78 is 0. The Hall–Kier alpha value is -0.860. The predicted octanol–water partition coefficient (Wildman–Crippen LogP) is 1.08. The van der Waals surface area contributed by atoms with E-state index >= 15 is 0 Å². The molecule has 2 heteroatoms. The van der Waals surface area contributed by atoms with Crippen molar-refractivity contribution < 1.29 is 9.80 Å². The summed E-state index contributed by atoms with van der Waals surface area (Å²) in [6.07, 6.45) is 10.2. The average Bonchev–Trinajstić information content (AvgIpc) is 2.49. The van der Waals surface area contributed by atoms with Crippen LogP contribution in [0.4, 0.5) is 0 Å². The van der Waals surface area contributed by atoms with E-state index in [2.05, 4.69) is 30.3 Å². The number of nitrogens with one attached hydrogen (secondary N) is 2. The summed E-state index contributed by atoms with van der Waals surface area (Å²) in [5.74, 6) is 0. The summed E-state index contributed by atoms with van der Waals surface area (Å²) in [7, 11) is 0. The maximum atomic E-state index is 2.28. The fourth-order valence-corrected chi connectivity index (χ4v) is 4.26. The predicted molar refractivity (Wildman–Crippen MR) is 87.6 cm³/mol. The number of likely N-dealkylation sites (tertiary alicyclic amines) is 2. The topological polar surface area (TPSA) is 8.88 Å². The van der Waals surface area contributed by atoms with Crippen molar-refractivity contribution in [3.8, 4) is 0 Å². The highest BCUT2D eigenvalue weighted by Crippen LogP contribution is 2.05. The highest BCUT2D eigenvalue weighted by Gasteiger charge is 2.29. The largest absolute Gasteiger partial charge is 0.332 e. The fraction of sp³-hybridized carbons (Fsp3) is 0.684. The molecule has 1 aromatic rings. The molecule has 0 spiro atoms. The third-order valence-electron chi connectivity index (χ3n) is 5.56. The molecule has 116 valence electrons. The normalized spacial score (nSPS) is 28.8. The van der Waals surface area contributed by atoms with Crippen LogP contribution in [0.5, 0.6) is 0 Å². The number of quaternary nitrogens is 2. The van der Waals surface area contributed by atoms with E-state index in [1.807, 2.05) is 4.90 Å². The molecule has 2 saturated heterocycles. The molecule has 0 radical (unpaired) electrons. The number of rotatable bonds is 3. The van der Waals surface area contributed by atoms with Gasteiger partial charge in [0.05, 0.1) is 32.2 Å². The maximum Gasteiger partial charge on any atom is 0.103 e. The molecule has 0 unspecified atom stereocenters. The molecule has 2 nitrogen and oxygen atoms in total. The van der Waals surface area contributed by atoms with Crippen LogP contribution >= 0.6 is 0 Å². The van der Waals surface area contributed by atoms with Gasteiger partial charge in [-0.15, -0.1) is 0 Å². The molecule has 0 amide bonds. The molecule has 2 heterocycles. The zero-order chi connectivity index (χ0) is 14.3. The van der Waals surface area contributed by atoms with Crippen molar-refractivity contribution in [2.45, 2.75) is 57.5 Å². The minimum absolute atomic E-state index is 0.961. The van der Waals surface area contributed by atoms with Crippen molar-refractivity contribution in [3.63, 3.8) is 0 Å². The van der Waals surface area contributed by atoms with Gasteiger partial charge in [-0.3, -0.25) is 0 Å². The van der Waals surface area contributed by atoms with Crippen molar-refractivity contribution in [2.24, 2.45) is 0 Å². The van der Waals surface area contributed by atoms with Crippen LogP contribution in [0.2, 0.25) is 0 Å². The zero-order valence-corrected chi connectivity index (χ0v) is 13.4. The standard InChI is InChI=1S/C19H30N2/c1-2-7-13-21(14-8-3-1)19-11-15-20(16-12-19)17-18-9-5-4-6-10-18/h4-6,9-10,19H,1-3,7-8,11-17H2/p+2. The van der Waals surface area contributed by atoms with Crippen LogP contribution in [-0.2, 0) is 6.54 Å². The van der Waals surface area contributed by atoms with Crippen molar-refractivity contribution in [3.05, 3.63) is 35.9 Å². The highest BCUT2D eigenvalue weighted by atomic mass is 15.2. The Morgan fingerprint density at radius 3 is 2.05 bits per heavy atom. The first-order valence-electron chi connectivity index (χ1n) is 9.14. The van der Waals surface area contributed by atoms with Crippen molar-refractivity contribution in [1.29, 1.82) is 0 Å². The zero-order valence-electron chi connectivity index (χ0n) is 13.4. The molecule has 0 aliphatic carbocycles. The van der Waals surface area contributed by atoms with Gasteiger partial charge in [0, 0.05) is 18.4 Å². The summed E-state index contributed by atoms with van der Waals surface area (Å²) in [5, 5.41) is 0. The summed E-state index contributed by atoms with van der Waals surface area (Å²) in [5.41, 5.74) is 1.50. The van der Waals surface area contributed by atoms with Crippen molar-refractivity contribution in [1.82, 2.24) is 0 Å². The third-order valence-corrected chi connectivity index (χ3v) is 5.56. The quantitative estimate of drug-likeness (QED) is 0.824. The van der Waals surface area contributed by atoms with E-state index in [-0.39, 0.29) is 0 Å². The van der Waals surface area contributed by atoms with Gasteiger partial charge in [0.25, 0.3) is 0 Å². The summed E-state index contributed by atoms with van der Waals surface area (Å²) in [6, 6.07) is 12.0. The summed E-state index contributed by atoms with van der Waals surface area (Å²) in [6.45, 7) is 6.87. The Balaban J connectivity index is 1.45. The van der Waals surface area contributed by atoms with Crippen LogP contribution in [0.15, 0.2) is 30.3 Å². The minimum Gasteiger partial charge on any atom is -0.332 e. The Morgan fingerprint density at radius 1 is 0.762 bits per heavy atom. The number of hydrogen-bond donors (Lipinski definition) is 2. The van der Waals surface area contributed by atoms with E-state index in [0.29, 0.717) is 0 Å². The lowest BCUT2D eigenvalue weighted by molar-refractivity contribution is -0.963. The molecule has 0 aromatic heterocycles. The minimum atomic E-state index is 0.961. The van der Waals surface area contributed by atoms with E-state index < -0.39 is 0 Å². The smallest absolute Gasteiger partial charge is 0.103 e. The second-order valence-electron chi connectivity index (χ2n) is 7.11. The van der Waals surface area contributed by atoms with Crippen molar-refractivity contribution >= 4 is 0 Å². The van der Waals surface area contributed by atoms with E-state index in [0.717, 1.165) is 6.04 Å². The molecule has 2 aliphatic heterocycles. The van der Waals surface area contributed by atoms with Crippen LogP contribution in [0.3, 0.4) is 0 Å². The van der Waals surface area contributed by atoms with Gasteiger partial charge in [-0.05, 0) is 25.7 Å². The molecule has 1 aromatic carbocycles. The van der Waals surface area contributed by atoms with E-state index in [4.69, 9.17) is 0 Å². The van der Waals surface area contributed by atoms with Gasteiger partial charge in [-0.25, -0.2) is 0 Å². The Bertz CT molecular complexity index is 387. The molecule has 2 aliphatic rings. The van der Waals surface area contributed by atoms with Gasteiger partial charge in [0.15, 0.2) is 0 Å². The van der Waals surface area contributed by atoms with Crippen LogP contribution < -0.4 is 9.80 Å². The van der Waals surface area contributed by atoms with Gasteiger partial charge in [-0.2, -0.15) is 0 Å². The maximum absolute atomic E-state index is 2.28. The second-order valence-corrected chi connectivity index (χ2v) is 7.11. The van der Waals surface area contributed by atoms with Gasteiger partial charge in [0.2, 0.25) is 0 Å². The first kappa shape index (κ1) is 15.1. The lowest BCUT2D eigenvalue weighted by Gasteiger charge is -2.35. The Morgan fingerprint density at radius 2 is 1.38 bits per heavy atom. The number of hydrogen-bond acceptors (Lipinski definition) is 0. The molecular formula is C19H32N2+2. The molecule has 21 heavy (non-hydrogen) atoms. The van der Waals surface area contributed by atoms with E-state index in [1.54, 1.807) is 4.90 Å². The molecule has 3 rings (SSSR count). The molecule has 0 bridgehead atoms. The third kappa shape index (κ3) is 4.55. The van der Waals surface area contributed by atoms with Crippen LogP contribution in [0.25, 0.3) is 0 Å². The fourth-order valence-electron chi connectivity index (χ4n) is 4.26. The molecular weight excluding hydrogens is 256 g/mol. The molecule has 2 fully saturated rings.